The molecule has 0 bridgehead atoms. The van der Waals surface area contributed by atoms with E-state index in [9.17, 15) is 14.9 Å². The van der Waals surface area contributed by atoms with E-state index in [0.29, 0.717) is 18.7 Å². The fourth-order valence-electron chi connectivity index (χ4n) is 5.78. The molecule has 1 saturated carbocycles. The minimum Gasteiger partial charge on any atom is -0.375 e. The van der Waals surface area contributed by atoms with Crippen molar-refractivity contribution in [2.24, 2.45) is 17.3 Å². The summed E-state index contributed by atoms with van der Waals surface area (Å²) in [6.07, 6.45) is 2.46. The number of thiophene rings is 1. The minimum atomic E-state index is -0.219. The first kappa shape index (κ1) is 23.2. The molecule has 3 aromatic rings. The molecule has 8 nitrogen and oxygen atoms in total. The molecular weight excluding hydrogens is 474 g/mol. The Bertz CT molecular complexity index is 1430. The largest absolute Gasteiger partial charge is 0.375 e. The van der Waals surface area contributed by atoms with Gasteiger partial charge in [-0.15, -0.1) is 11.3 Å². The Morgan fingerprint density at radius 3 is 2.75 bits per heavy atom. The summed E-state index contributed by atoms with van der Waals surface area (Å²) in [5, 5.41) is 13.0. The van der Waals surface area contributed by atoms with Crippen molar-refractivity contribution in [3.05, 3.63) is 46.1 Å². The fourth-order valence-corrected chi connectivity index (χ4v) is 6.90. The number of carbonyl (C=O) groups excluding carboxylic acids is 2. The number of hydrogen-bond donors (Lipinski definition) is 1. The van der Waals surface area contributed by atoms with Gasteiger partial charge in [0.2, 0.25) is 11.8 Å². The maximum atomic E-state index is 12.9. The lowest BCUT2D eigenvalue weighted by molar-refractivity contribution is -0.143. The van der Waals surface area contributed by atoms with Gasteiger partial charge in [0.1, 0.15) is 11.8 Å². The van der Waals surface area contributed by atoms with Crippen LogP contribution in [0.5, 0.6) is 0 Å². The third kappa shape index (κ3) is 3.63. The molecule has 2 saturated heterocycles. The summed E-state index contributed by atoms with van der Waals surface area (Å²) in [4.78, 5) is 37.3. The van der Waals surface area contributed by atoms with Gasteiger partial charge in [0.15, 0.2) is 0 Å². The first-order valence-corrected chi connectivity index (χ1v) is 13.1. The Morgan fingerprint density at radius 2 is 2.06 bits per heavy atom. The van der Waals surface area contributed by atoms with E-state index in [1.54, 1.807) is 6.20 Å². The predicted molar refractivity (Wildman–Crippen MR) is 135 cm³/mol. The molecule has 0 radical (unpaired) electrons. The third-order valence-corrected chi connectivity index (χ3v) is 8.96. The van der Waals surface area contributed by atoms with Gasteiger partial charge in [0.05, 0.1) is 47.0 Å². The van der Waals surface area contributed by atoms with E-state index in [1.807, 2.05) is 39.0 Å². The maximum absolute atomic E-state index is 12.9. The predicted octanol–water partition coefficient (Wildman–Crippen LogP) is 3.21. The Labute approximate surface area is 213 Å². The van der Waals surface area contributed by atoms with E-state index < -0.39 is 0 Å². The van der Waals surface area contributed by atoms with Crippen LogP contribution in [0.25, 0.3) is 21.5 Å². The molecule has 6 rings (SSSR count). The van der Waals surface area contributed by atoms with Crippen LogP contribution >= 0.6 is 11.3 Å². The van der Waals surface area contributed by atoms with Crippen LogP contribution in [0, 0.1) is 35.5 Å². The van der Waals surface area contributed by atoms with Gasteiger partial charge in [-0.05, 0) is 41.7 Å². The molecule has 3 aromatic heterocycles. The van der Waals surface area contributed by atoms with E-state index in [2.05, 4.69) is 16.4 Å². The molecule has 184 valence electrons. The van der Waals surface area contributed by atoms with Crippen LogP contribution in [0.3, 0.4) is 0 Å². The number of aromatic nitrogens is 2. The number of fused-ring (bicyclic) bond motifs is 2. The van der Waals surface area contributed by atoms with Crippen LogP contribution in [-0.4, -0.2) is 52.5 Å². The van der Waals surface area contributed by atoms with Crippen molar-refractivity contribution in [1.82, 2.24) is 20.2 Å². The zero-order chi connectivity index (χ0) is 25.2. The zero-order valence-electron chi connectivity index (χ0n) is 20.5. The average Bonchev–Trinajstić information content (AvgIpc) is 3.11. The number of imide groups is 1. The number of carbonyl (C=O) groups is 2. The molecule has 3 fully saturated rings. The lowest BCUT2D eigenvalue weighted by Crippen LogP contribution is -2.39. The smallest absolute Gasteiger partial charge is 0.234 e. The van der Waals surface area contributed by atoms with Crippen molar-refractivity contribution in [2.75, 3.05) is 19.7 Å². The average molecular weight is 502 g/mol. The number of amides is 2. The Balaban J connectivity index is 1.37. The van der Waals surface area contributed by atoms with Crippen LogP contribution in [0.15, 0.2) is 24.4 Å². The van der Waals surface area contributed by atoms with E-state index >= 15 is 0 Å². The number of hydrogen-bond acceptors (Lipinski definition) is 8. The molecule has 3 atom stereocenters. The van der Waals surface area contributed by atoms with Crippen molar-refractivity contribution in [1.29, 1.82) is 5.26 Å². The Kier molecular flexibility index (Phi) is 5.45. The zero-order valence-corrected chi connectivity index (χ0v) is 21.3. The standard InChI is InChI=1S/C27H27N5O3S/c1-14-8-15(11-28)31-23(19(14)9-16-12-29-6-7-35-16)18-4-5-30-20-10-17(36-24(18)20)13-32-25(33)21-22(26(32)34)27(21,2)3/h4-5,8,10,16,21-22,29H,6-7,9,12-13H2,1-3H3. The van der Waals surface area contributed by atoms with E-state index in [0.717, 1.165) is 50.6 Å². The maximum Gasteiger partial charge on any atom is 0.234 e. The molecule has 1 aliphatic carbocycles. The highest BCUT2D eigenvalue weighted by Crippen LogP contribution is 2.63. The number of likely N-dealkylation sites (tertiary alicyclic amines) is 1. The summed E-state index contributed by atoms with van der Waals surface area (Å²) in [6.45, 7) is 8.53. The molecule has 9 heteroatoms. The second-order valence-electron chi connectivity index (χ2n) is 10.5. The third-order valence-electron chi connectivity index (χ3n) is 7.82. The van der Waals surface area contributed by atoms with Crippen LogP contribution in [0.4, 0.5) is 0 Å². The second-order valence-corrected chi connectivity index (χ2v) is 11.6. The van der Waals surface area contributed by atoms with Crippen molar-refractivity contribution < 1.29 is 14.3 Å². The van der Waals surface area contributed by atoms with Gasteiger partial charge >= 0.3 is 0 Å². The molecule has 5 heterocycles. The van der Waals surface area contributed by atoms with Crippen molar-refractivity contribution in [2.45, 2.75) is 39.8 Å². The molecule has 3 unspecified atom stereocenters. The molecule has 3 aliphatic rings. The monoisotopic (exact) mass is 501 g/mol. The number of nitrogens with zero attached hydrogens (tertiary/aromatic N) is 4. The quantitative estimate of drug-likeness (QED) is 0.535. The van der Waals surface area contributed by atoms with Crippen LogP contribution in [-0.2, 0) is 27.3 Å². The van der Waals surface area contributed by atoms with Crippen molar-refractivity contribution in [3.8, 4) is 17.3 Å². The first-order chi connectivity index (χ1) is 17.3. The summed E-state index contributed by atoms with van der Waals surface area (Å²) in [5.41, 5.74) is 4.66. The molecule has 36 heavy (non-hydrogen) atoms. The van der Waals surface area contributed by atoms with E-state index in [1.165, 1.54) is 16.2 Å². The summed E-state index contributed by atoms with van der Waals surface area (Å²) < 4.78 is 6.90. The fraction of sp³-hybridized carbons (Fsp3) is 0.444. The molecule has 2 aliphatic heterocycles. The van der Waals surface area contributed by atoms with E-state index in [-0.39, 0.29) is 41.7 Å². The molecule has 1 N–H and O–H groups in total. The number of rotatable bonds is 5. The van der Waals surface area contributed by atoms with Crippen molar-refractivity contribution in [3.63, 3.8) is 0 Å². The highest BCUT2D eigenvalue weighted by molar-refractivity contribution is 7.19. The van der Waals surface area contributed by atoms with Crippen LogP contribution < -0.4 is 5.32 Å². The van der Waals surface area contributed by atoms with Gasteiger partial charge in [-0.2, -0.15) is 5.26 Å². The lowest BCUT2D eigenvalue weighted by Gasteiger charge is -2.25. The van der Waals surface area contributed by atoms with Gasteiger partial charge < -0.3 is 10.1 Å². The molecular formula is C27H27N5O3S. The van der Waals surface area contributed by atoms with Gasteiger partial charge in [0.25, 0.3) is 0 Å². The van der Waals surface area contributed by atoms with E-state index in [4.69, 9.17) is 9.72 Å². The number of aryl methyl sites for hydroxylation is 1. The highest BCUT2D eigenvalue weighted by Gasteiger charge is 2.72. The number of morpholine rings is 1. The molecule has 2 amide bonds. The number of nitrogens with one attached hydrogen (secondary N) is 1. The number of piperidine rings is 1. The van der Waals surface area contributed by atoms with Crippen LogP contribution in [0.2, 0.25) is 0 Å². The normalized spacial score (nSPS) is 24.7. The Hall–Kier alpha value is -3.19. The van der Waals surface area contributed by atoms with Gasteiger partial charge in [-0.1, -0.05) is 13.8 Å². The summed E-state index contributed by atoms with van der Waals surface area (Å²) in [5.74, 6) is -0.507. The van der Waals surface area contributed by atoms with Gasteiger partial charge in [-0.3, -0.25) is 19.5 Å². The lowest BCUT2D eigenvalue weighted by atomic mass is 9.96. The number of nitriles is 1. The Morgan fingerprint density at radius 1 is 1.28 bits per heavy atom. The SMILES string of the molecule is Cc1cc(C#N)nc(-c2ccnc3cc(CN4C(=O)C5C(C4=O)C5(C)C)sc23)c1CC1CNCCO1. The number of ether oxygens (including phenoxy) is 1. The summed E-state index contributed by atoms with van der Waals surface area (Å²) in [6, 6.07) is 7.89. The second kappa shape index (κ2) is 8.44. The van der Waals surface area contributed by atoms with Crippen LogP contribution in [0.1, 0.15) is 35.5 Å². The summed E-state index contributed by atoms with van der Waals surface area (Å²) >= 11 is 1.52. The minimum absolute atomic E-state index is 0.0324. The summed E-state index contributed by atoms with van der Waals surface area (Å²) in [7, 11) is 0. The molecule has 0 aromatic carbocycles. The topological polar surface area (TPSA) is 108 Å². The van der Waals surface area contributed by atoms with Gasteiger partial charge in [0, 0.05) is 36.1 Å². The number of pyridine rings is 2. The van der Waals surface area contributed by atoms with Crippen molar-refractivity contribution >= 4 is 33.4 Å². The highest BCUT2D eigenvalue weighted by atomic mass is 32.1. The first-order valence-electron chi connectivity index (χ1n) is 12.3. The van der Waals surface area contributed by atoms with Gasteiger partial charge in [-0.25, -0.2) is 4.98 Å². The molecule has 0 spiro atoms.